The van der Waals surface area contributed by atoms with Crippen LogP contribution in [0, 0.1) is 5.92 Å². The summed E-state index contributed by atoms with van der Waals surface area (Å²) in [5, 5.41) is 2.59. The molecular formula is C20H29BrN2O5. The van der Waals surface area contributed by atoms with E-state index in [-0.39, 0.29) is 12.5 Å². The highest BCUT2D eigenvalue weighted by Gasteiger charge is 2.29. The Kier molecular flexibility index (Phi) is 8.94. The zero-order valence-corrected chi connectivity index (χ0v) is 18.8. The lowest BCUT2D eigenvalue weighted by molar-refractivity contribution is -0.159. The number of amides is 2. The van der Waals surface area contributed by atoms with E-state index in [1.54, 1.807) is 45.0 Å². The number of ether oxygens (including phenoxy) is 2. The molecule has 0 aromatic heterocycles. The van der Waals surface area contributed by atoms with Gasteiger partial charge in [0, 0.05) is 17.2 Å². The number of nitrogens with one attached hydrogen (secondary N) is 1. The highest BCUT2D eigenvalue weighted by atomic mass is 79.9. The third-order valence-corrected chi connectivity index (χ3v) is 3.99. The lowest BCUT2D eigenvalue weighted by Crippen LogP contribution is -2.43. The summed E-state index contributed by atoms with van der Waals surface area (Å²) in [5.41, 5.74) is -0.0922. The van der Waals surface area contributed by atoms with Gasteiger partial charge in [-0.05, 0) is 57.4 Å². The molecular weight excluding hydrogens is 428 g/mol. The molecule has 0 heterocycles. The van der Waals surface area contributed by atoms with Gasteiger partial charge in [-0.2, -0.15) is 0 Å². The molecule has 156 valence electrons. The molecule has 2 amide bonds. The summed E-state index contributed by atoms with van der Waals surface area (Å²) in [7, 11) is 1.48. The first kappa shape index (κ1) is 23.9. The predicted molar refractivity (Wildman–Crippen MR) is 111 cm³/mol. The minimum absolute atomic E-state index is 0.115. The zero-order chi connectivity index (χ0) is 21.5. The molecule has 0 radical (unpaired) electrons. The van der Waals surface area contributed by atoms with Crippen molar-refractivity contribution in [2.75, 3.05) is 18.9 Å². The summed E-state index contributed by atoms with van der Waals surface area (Å²) in [4.78, 5) is 38.1. The van der Waals surface area contributed by atoms with Gasteiger partial charge >= 0.3 is 12.1 Å². The Labute approximate surface area is 174 Å². The Morgan fingerprint density at radius 2 is 1.71 bits per heavy atom. The minimum atomic E-state index is -0.997. The van der Waals surface area contributed by atoms with Crippen LogP contribution in [0.5, 0.6) is 0 Å². The summed E-state index contributed by atoms with van der Waals surface area (Å²) in [6.45, 7) is 8.88. The van der Waals surface area contributed by atoms with Gasteiger partial charge in [-0.1, -0.05) is 29.8 Å². The summed E-state index contributed by atoms with van der Waals surface area (Å²) < 4.78 is 11.5. The van der Waals surface area contributed by atoms with E-state index in [4.69, 9.17) is 9.47 Å². The molecule has 1 aromatic rings. The van der Waals surface area contributed by atoms with Crippen molar-refractivity contribution >= 4 is 39.6 Å². The van der Waals surface area contributed by atoms with Crippen LogP contribution >= 0.6 is 15.9 Å². The fourth-order valence-corrected chi connectivity index (χ4v) is 2.59. The highest BCUT2D eigenvalue weighted by molar-refractivity contribution is 9.10. The number of carbonyl (C=O) groups excluding carboxylic acids is 3. The molecule has 0 fully saturated rings. The van der Waals surface area contributed by atoms with Crippen LogP contribution in [0.3, 0.4) is 0 Å². The molecule has 0 saturated carbocycles. The molecule has 0 saturated heterocycles. The largest absolute Gasteiger partial charge is 0.459 e. The number of hydrogen-bond acceptors (Lipinski definition) is 5. The Bertz CT molecular complexity index is 683. The fourth-order valence-electron chi connectivity index (χ4n) is 2.33. The van der Waals surface area contributed by atoms with E-state index in [1.807, 2.05) is 13.8 Å². The van der Waals surface area contributed by atoms with Gasteiger partial charge in [0.1, 0.15) is 12.1 Å². The van der Waals surface area contributed by atoms with Crippen molar-refractivity contribution in [1.82, 2.24) is 4.90 Å². The Balaban J connectivity index is 2.74. The van der Waals surface area contributed by atoms with E-state index < -0.39 is 29.7 Å². The van der Waals surface area contributed by atoms with Crippen LogP contribution in [0.15, 0.2) is 28.7 Å². The number of benzene rings is 1. The molecule has 28 heavy (non-hydrogen) atoms. The third kappa shape index (κ3) is 9.21. The van der Waals surface area contributed by atoms with Crippen LogP contribution in [0.1, 0.15) is 41.0 Å². The summed E-state index contributed by atoms with van der Waals surface area (Å²) in [5.74, 6) is -0.860. The average molecular weight is 457 g/mol. The van der Waals surface area contributed by atoms with Gasteiger partial charge in [-0.15, -0.1) is 0 Å². The Hall–Kier alpha value is -2.09. The van der Waals surface area contributed by atoms with E-state index in [2.05, 4.69) is 21.2 Å². The van der Waals surface area contributed by atoms with Gasteiger partial charge in [0.25, 0.3) is 5.91 Å². The Morgan fingerprint density at radius 3 is 2.21 bits per heavy atom. The van der Waals surface area contributed by atoms with Crippen molar-refractivity contribution in [3.05, 3.63) is 28.7 Å². The second-order valence-corrected chi connectivity index (χ2v) is 8.85. The van der Waals surface area contributed by atoms with E-state index >= 15 is 0 Å². The smallest absolute Gasteiger partial charge is 0.412 e. The van der Waals surface area contributed by atoms with Crippen molar-refractivity contribution in [3.8, 4) is 0 Å². The molecule has 1 atom stereocenters. The van der Waals surface area contributed by atoms with Crippen molar-refractivity contribution in [2.45, 2.75) is 52.7 Å². The van der Waals surface area contributed by atoms with Crippen molar-refractivity contribution in [3.63, 3.8) is 0 Å². The molecule has 0 aliphatic carbocycles. The number of rotatable bonds is 7. The predicted octanol–water partition coefficient (Wildman–Crippen LogP) is 4.21. The lowest BCUT2D eigenvalue weighted by atomic mass is 10.1. The Morgan fingerprint density at radius 1 is 1.14 bits per heavy atom. The standard InChI is InChI=1S/C20H29BrN2O5/c1-13(2)11-16(18(25)23(6)12-17(24)28-20(3,4)5)27-19(26)22-15-9-7-14(21)8-10-15/h7-10,13,16H,11-12H2,1-6H3,(H,22,26). The third-order valence-electron chi connectivity index (χ3n) is 3.46. The van der Waals surface area contributed by atoms with Gasteiger partial charge in [0.2, 0.25) is 0 Å². The molecule has 7 nitrogen and oxygen atoms in total. The molecule has 0 aliphatic heterocycles. The van der Waals surface area contributed by atoms with E-state index in [9.17, 15) is 14.4 Å². The molecule has 1 rings (SSSR count). The quantitative estimate of drug-likeness (QED) is 0.620. The van der Waals surface area contributed by atoms with Crippen molar-refractivity contribution < 1.29 is 23.9 Å². The van der Waals surface area contributed by atoms with E-state index in [0.29, 0.717) is 12.1 Å². The van der Waals surface area contributed by atoms with Crippen LogP contribution < -0.4 is 5.32 Å². The first-order chi connectivity index (χ1) is 12.9. The van der Waals surface area contributed by atoms with Gasteiger partial charge in [-0.25, -0.2) is 4.79 Å². The normalized spacial score (nSPS) is 12.3. The molecule has 0 aliphatic rings. The number of likely N-dealkylation sites (N-methyl/N-ethyl adjacent to an activating group) is 1. The topological polar surface area (TPSA) is 84.9 Å². The maximum atomic E-state index is 12.7. The summed E-state index contributed by atoms with van der Waals surface area (Å²) >= 11 is 3.32. The monoisotopic (exact) mass is 456 g/mol. The van der Waals surface area contributed by atoms with Gasteiger partial charge in [0.05, 0.1) is 0 Å². The molecule has 8 heteroatoms. The van der Waals surface area contributed by atoms with Crippen LogP contribution in [-0.4, -0.2) is 48.2 Å². The molecule has 1 unspecified atom stereocenters. The summed E-state index contributed by atoms with van der Waals surface area (Å²) in [6, 6.07) is 6.97. The van der Waals surface area contributed by atoms with Gasteiger partial charge in [-0.3, -0.25) is 14.9 Å². The number of carbonyl (C=O) groups is 3. The van der Waals surface area contributed by atoms with Crippen LogP contribution in [0.25, 0.3) is 0 Å². The summed E-state index contributed by atoms with van der Waals surface area (Å²) in [6.07, 6.45) is -1.39. The maximum Gasteiger partial charge on any atom is 0.412 e. The average Bonchev–Trinajstić information content (AvgIpc) is 2.53. The number of hydrogen-bond donors (Lipinski definition) is 1. The SMILES string of the molecule is CC(C)CC(OC(=O)Nc1ccc(Br)cc1)C(=O)N(C)CC(=O)OC(C)(C)C. The second kappa shape index (κ2) is 10.5. The minimum Gasteiger partial charge on any atom is -0.459 e. The fraction of sp³-hybridized carbons (Fsp3) is 0.550. The van der Waals surface area contributed by atoms with Crippen molar-refractivity contribution in [1.29, 1.82) is 0 Å². The van der Waals surface area contributed by atoms with Gasteiger partial charge in [0.15, 0.2) is 6.10 Å². The van der Waals surface area contributed by atoms with E-state index in [1.165, 1.54) is 11.9 Å². The van der Waals surface area contributed by atoms with Crippen molar-refractivity contribution in [2.24, 2.45) is 5.92 Å². The van der Waals surface area contributed by atoms with Crippen LogP contribution in [0.2, 0.25) is 0 Å². The first-order valence-corrected chi connectivity index (χ1v) is 9.86. The number of nitrogens with zero attached hydrogens (tertiary/aromatic N) is 1. The number of halogens is 1. The number of esters is 1. The number of anilines is 1. The van der Waals surface area contributed by atoms with Crippen LogP contribution in [0.4, 0.5) is 10.5 Å². The zero-order valence-electron chi connectivity index (χ0n) is 17.2. The lowest BCUT2D eigenvalue weighted by Gasteiger charge is -2.26. The second-order valence-electron chi connectivity index (χ2n) is 7.94. The van der Waals surface area contributed by atoms with Gasteiger partial charge < -0.3 is 14.4 Å². The van der Waals surface area contributed by atoms with Crippen LogP contribution in [-0.2, 0) is 19.1 Å². The molecule has 0 spiro atoms. The molecule has 0 bridgehead atoms. The first-order valence-electron chi connectivity index (χ1n) is 9.07. The molecule has 1 aromatic carbocycles. The maximum absolute atomic E-state index is 12.7. The van der Waals surface area contributed by atoms with E-state index in [0.717, 1.165) is 4.47 Å². The highest BCUT2D eigenvalue weighted by Crippen LogP contribution is 2.16. The molecule has 1 N–H and O–H groups in total.